The summed E-state index contributed by atoms with van der Waals surface area (Å²) in [6.45, 7) is 6.19. The van der Waals surface area contributed by atoms with E-state index in [1.54, 1.807) is 0 Å². The molecule has 0 radical (unpaired) electrons. The van der Waals surface area contributed by atoms with Gasteiger partial charge in [0.2, 0.25) is 5.91 Å². The number of nitrogens with one attached hydrogen (secondary N) is 1. The first-order valence-corrected chi connectivity index (χ1v) is 7.16. The molecule has 2 aliphatic carbocycles. The van der Waals surface area contributed by atoms with Gasteiger partial charge in [-0.05, 0) is 37.5 Å². The number of carbonyl (C=O) groups is 1. The molecule has 0 saturated heterocycles. The summed E-state index contributed by atoms with van der Waals surface area (Å²) in [5, 5.41) is 6.84. The van der Waals surface area contributed by atoms with Gasteiger partial charge in [0.05, 0.1) is 0 Å². The van der Waals surface area contributed by atoms with Crippen molar-refractivity contribution >= 4 is 11.7 Å². The summed E-state index contributed by atoms with van der Waals surface area (Å²) in [5.41, 5.74) is 0.448. The number of hydrogen-bond acceptors (Lipinski definition) is 3. The van der Waals surface area contributed by atoms with E-state index in [-0.39, 0.29) is 17.2 Å². The van der Waals surface area contributed by atoms with E-state index in [0.29, 0.717) is 11.2 Å². The molecule has 0 aliphatic heterocycles. The molecule has 1 N–H and O–H groups in total. The van der Waals surface area contributed by atoms with Crippen molar-refractivity contribution < 1.29 is 9.32 Å². The largest absolute Gasteiger partial charge is 0.359 e. The monoisotopic (exact) mass is 262 g/mol. The topological polar surface area (TPSA) is 55.1 Å². The molecule has 19 heavy (non-hydrogen) atoms. The summed E-state index contributed by atoms with van der Waals surface area (Å²) < 4.78 is 5.28. The second-order valence-corrected chi connectivity index (χ2v) is 7.26. The molecule has 4 nitrogen and oxygen atoms in total. The fourth-order valence-corrected chi connectivity index (χ4v) is 2.98. The smallest absolute Gasteiger partial charge is 0.228 e. The van der Waals surface area contributed by atoms with Crippen LogP contribution in [0.4, 0.5) is 5.82 Å². The zero-order valence-corrected chi connectivity index (χ0v) is 12.0. The number of amides is 1. The average Bonchev–Trinajstić information content (AvgIpc) is 2.75. The number of hydrogen-bond donors (Lipinski definition) is 1. The SMILES string of the molecule is CC(C)(C)c1cc(NC(=O)[C@H]2CCC3(CC3)C2)no1. The predicted molar refractivity (Wildman–Crippen MR) is 72.8 cm³/mol. The Hall–Kier alpha value is -1.32. The van der Waals surface area contributed by atoms with Crippen LogP contribution in [0.2, 0.25) is 0 Å². The summed E-state index contributed by atoms with van der Waals surface area (Å²) in [5.74, 6) is 1.62. The minimum Gasteiger partial charge on any atom is -0.359 e. The van der Waals surface area contributed by atoms with E-state index in [2.05, 4.69) is 31.2 Å². The molecule has 0 unspecified atom stereocenters. The van der Waals surface area contributed by atoms with Crippen LogP contribution in [0.25, 0.3) is 0 Å². The quantitative estimate of drug-likeness (QED) is 0.887. The van der Waals surface area contributed by atoms with E-state index < -0.39 is 0 Å². The van der Waals surface area contributed by atoms with Crippen molar-refractivity contribution in [2.24, 2.45) is 11.3 Å². The van der Waals surface area contributed by atoms with Crippen LogP contribution < -0.4 is 5.32 Å². The Kier molecular flexibility index (Phi) is 2.73. The molecule has 1 spiro atoms. The number of aromatic nitrogens is 1. The lowest BCUT2D eigenvalue weighted by Crippen LogP contribution is -2.21. The summed E-state index contributed by atoms with van der Waals surface area (Å²) >= 11 is 0. The molecule has 1 aromatic rings. The van der Waals surface area contributed by atoms with Crippen LogP contribution in [0.1, 0.15) is 58.6 Å². The highest BCUT2D eigenvalue weighted by Crippen LogP contribution is 2.59. The zero-order chi connectivity index (χ0) is 13.7. The molecule has 0 aromatic carbocycles. The molecule has 1 atom stereocenters. The standard InChI is InChI=1S/C15H22N2O2/c1-14(2,3)11-8-12(17-19-11)16-13(18)10-4-5-15(9-10)6-7-15/h8,10H,4-7,9H2,1-3H3,(H,16,17,18)/t10-/m0/s1. The van der Waals surface area contributed by atoms with Crippen LogP contribution >= 0.6 is 0 Å². The third-order valence-corrected chi connectivity index (χ3v) is 4.53. The second kappa shape index (κ2) is 4.09. The number of nitrogens with zero attached hydrogens (tertiary/aromatic N) is 1. The van der Waals surface area contributed by atoms with Gasteiger partial charge in [0.25, 0.3) is 0 Å². The maximum absolute atomic E-state index is 12.2. The van der Waals surface area contributed by atoms with E-state index in [9.17, 15) is 4.79 Å². The van der Waals surface area contributed by atoms with Gasteiger partial charge < -0.3 is 9.84 Å². The minimum absolute atomic E-state index is 0.0819. The maximum atomic E-state index is 12.2. The van der Waals surface area contributed by atoms with Crippen molar-refractivity contribution in [3.63, 3.8) is 0 Å². The molecule has 1 amide bonds. The van der Waals surface area contributed by atoms with Crippen LogP contribution in [0.5, 0.6) is 0 Å². The van der Waals surface area contributed by atoms with Crippen LogP contribution in [0.3, 0.4) is 0 Å². The van der Waals surface area contributed by atoms with Gasteiger partial charge in [-0.3, -0.25) is 4.79 Å². The van der Waals surface area contributed by atoms with E-state index in [1.807, 2.05) is 6.07 Å². The van der Waals surface area contributed by atoms with Crippen LogP contribution in [-0.4, -0.2) is 11.1 Å². The fraction of sp³-hybridized carbons (Fsp3) is 0.733. The normalized spacial score (nSPS) is 24.7. The molecule has 1 aromatic heterocycles. The van der Waals surface area contributed by atoms with Crippen molar-refractivity contribution in [1.82, 2.24) is 5.16 Å². The van der Waals surface area contributed by atoms with E-state index in [1.165, 1.54) is 19.3 Å². The number of rotatable bonds is 2. The van der Waals surface area contributed by atoms with Crippen LogP contribution in [-0.2, 0) is 10.2 Å². The molecule has 2 saturated carbocycles. The first-order chi connectivity index (χ1) is 8.88. The average molecular weight is 262 g/mol. The van der Waals surface area contributed by atoms with E-state index in [0.717, 1.165) is 18.6 Å². The van der Waals surface area contributed by atoms with E-state index in [4.69, 9.17) is 4.52 Å². The maximum Gasteiger partial charge on any atom is 0.228 e. The van der Waals surface area contributed by atoms with Gasteiger partial charge in [-0.15, -0.1) is 0 Å². The minimum atomic E-state index is -0.0819. The van der Waals surface area contributed by atoms with Gasteiger partial charge >= 0.3 is 0 Å². The van der Waals surface area contributed by atoms with Crippen molar-refractivity contribution in [2.75, 3.05) is 5.32 Å². The van der Waals surface area contributed by atoms with Gasteiger partial charge in [0.1, 0.15) is 5.76 Å². The highest BCUT2D eigenvalue weighted by Gasteiger charge is 2.49. The van der Waals surface area contributed by atoms with Gasteiger partial charge in [-0.25, -0.2) is 0 Å². The summed E-state index contributed by atoms with van der Waals surface area (Å²) in [4.78, 5) is 12.2. The highest BCUT2D eigenvalue weighted by molar-refractivity contribution is 5.91. The third kappa shape index (κ3) is 2.53. The first kappa shape index (κ1) is 12.7. The Morgan fingerprint density at radius 1 is 1.42 bits per heavy atom. The van der Waals surface area contributed by atoms with Crippen molar-refractivity contribution in [3.8, 4) is 0 Å². The summed E-state index contributed by atoms with van der Waals surface area (Å²) in [7, 11) is 0. The predicted octanol–water partition coefficient (Wildman–Crippen LogP) is 3.49. The van der Waals surface area contributed by atoms with E-state index >= 15 is 0 Å². The van der Waals surface area contributed by atoms with Crippen molar-refractivity contribution in [1.29, 1.82) is 0 Å². The Morgan fingerprint density at radius 3 is 2.68 bits per heavy atom. The van der Waals surface area contributed by atoms with Gasteiger partial charge in [-0.2, -0.15) is 0 Å². The third-order valence-electron chi connectivity index (χ3n) is 4.53. The fourth-order valence-electron chi connectivity index (χ4n) is 2.98. The Labute approximate surface area is 113 Å². The van der Waals surface area contributed by atoms with Crippen LogP contribution in [0, 0.1) is 11.3 Å². The highest BCUT2D eigenvalue weighted by atomic mass is 16.5. The zero-order valence-electron chi connectivity index (χ0n) is 12.0. The molecule has 4 heteroatoms. The molecule has 104 valence electrons. The van der Waals surface area contributed by atoms with Gasteiger partial charge in [-0.1, -0.05) is 25.9 Å². The molecule has 3 rings (SSSR count). The lowest BCUT2D eigenvalue weighted by Gasteiger charge is -2.12. The second-order valence-electron chi connectivity index (χ2n) is 7.26. The van der Waals surface area contributed by atoms with Gasteiger partial charge in [0.15, 0.2) is 5.82 Å². The molecule has 2 aliphatic rings. The lowest BCUT2D eigenvalue weighted by molar-refractivity contribution is -0.119. The molecular formula is C15H22N2O2. The Morgan fingerprint density at radius 2 is 2.16 bits per heavy atom. The lowest BCUT2D eigenvalue weighted by atomic mass is 9.93. The number of carbonyl (C=O) groups excluding carboxylic acids is 1. The van der Waals surface area contributed by atoms with Crippen molar-refractivity contribution in [3.05, 3.63) is 11.8 Å². The summed E-state index contributed by atoms with van der Waals surface area (Å²) in [6.07, 6.45) is 5.93. The Balaban J connectivity index is 1.62. The number of anilines is 1. The van der Waals surface area contributed by atoms with Crippen LogP contribution in [0.15, 0.2) is 10.6 Å². The van der Waals surface area contributed by atoms with Gasteiger partial charge in [0, 0.05) is 17.4 Å². The molecule has 0 bridgehead atoms. The molecule has 2 fully saturated rings. The molecular weight excluding hydrogens is 240 g/mol. The first-order valence-electron chi connectivity index (χ1n) is 7.16. The van der Waals surface area contributed by atoms with Crippen molar-refractivity contribution in [2.45, 2.75) is 58.3 Å². The summed E-state index contributed by atoms with van der Waals surface area (Å²) in [6, 6.07) is 1.83. The molecule has 1 heterocycles. The Bertz CT molecular complexity index is 494.